The van der Waals surface area contributed by atoms with Crippen molar-refractivity contribution in [1.82, 2.24) is 4.57 Å². The van der Waals surface area contributed by atoms with Gasteiger partial charge in [0.2, 0.25) is 6.33 Å². The first kappa shape index (κ1) is 9.43. The first-order valence-corrected chi connectivity index (χ1v) is 2.95. The highest BCUT2D eigenvalue weighted by Gasteiger charge is 1.93. The lowest BCUT2D eigenvalue weighted by Gasteiger charge is -1.83. The number of hydrogen-bond donors (Lipinski definition) is 0. The molecule has 0 unspecified atom stereocenters. The van der Waals surface area contributed by atoms with Gasteiger partial charge in [-0.3, -0.25) is 0 Å². The molecule has 1 aromatic heterocycles. The third-order valence-electron chi connectivity index (χ3n) is 1.16. The Morgan fingerprint density at radius 2 is 2.40 bits per heavy atom. The Labute approximate surface area is 71.6 Å². The molecule has 0 aromatic carbocycles. The summed E-state index contributed by atoms with van der Waals surface area (Å²) in [6, 6.07) is 0. The number of rotatable bonds is 2. The summed E-state index contributed by atoms with van der Waals surface area (Å²) in [7, 11) is 2.00. The number of allylic oxidation sites excluding steroid dienone is 1. The molecule has 0 aliphatic carbocycles. The number of hydrogen-bond acceptors (Lipinski definition) is 0. The standard InChI is InChI=1S/C7H11N2.BrH/c1-3-4-9-6-5-8(2)7-9;/h3,5-7H,1,4H2,2H3;1H/q+1;/p-1. The first-order chi connectivity index (χ1) is 4.33. The van der Waals surface area contributed by atoms with Crippen LogP contribution in [0.3, 0.4) is 0 Å². The third-order valence-corrected chi connectivity index (χ3v) is 1.16. The second-order valence-electron chi connectivity index (χ2n) is 2.06. The van der Waals surface area contributed by atoms with Crippen LogP contribution < -0.4 is 21.5 Å². The average Bonchev–Trinajstić information content (AvgIpc) is 2.17. The van der Waals surface area contributed by atoms with Gasteiger partial charge in [-0.1, -0.05) is 12.7 Å². The van der Waals surface area contributed by atoms with Gasteiger partial charge in [0.25, 0.3) is 0 Å². The van der Waals surface area contributed by atoms with Crippen LogP contribution in [0.4, 0.5) is 0 Å². The van der Waals surface area contributed by atoms with E-state index in [4.69, 9.17) is 0 Å². The van der Waals surface area contributed by atoms with Crippen molar-refractivity contribution in [3.63, 3.8) is 0 Å². The van der Waals surface area contributed by atoms with E-state index in [0.29, 0.717) is 0 Å². The molecule has 0 bridgehead atoms. The van der Waals surface area contributed by atoms with Gasteiger partial charge < -0.3 is 17.0 Å². The molecule has 0 aliphatic heterocycles. The molecule has 0 atom stereocenters. The lowest BCUT2D eigenvalue weighted by Crippen LogP contribution is -3.00. The SMILES string of the molecule is C=CCn1cc[n+](C)c1.[Br-]. The second kappa shape index (κ2) is 4.28. The van der Waals surface area contributed by atoms with Gasteiger partial charge in [-0.25, -0.2) is 9.13 Å². The minimum Gasteiger partial charge on any atom is -1.00 e. The fourth-order valence-electron chi connectivity index (χ4n) is 0.759. The molecule has 0 N–H and O–H groups in total. The number of nitrogens with zero attached hydrogens (tertiary/aromatic N) is 2. The van der Waals surface area contributed by atoms with E-state index in [1.165, 1.54) is 0 Å². The molecule has 0 saturated carbocycles. The Morgan fingerprint density at radius 1 is 1.70 bits per heavy atom. The topological polar surface area (TPSA) is 8.81 Å². The normalized spacial score (nSPS) is 8.50. The molecular formula is C7H11BrN2. The number of imidazole rings is 1. The number of halogens is 1. The Hall–Kier alpha value is -0.570. The molecule has 56 valence electrons. The van der Waals surface area contributed by atoms with Crippen LogP contribution in [0.15, 0.2) is 31.4 Å². The molecule has 0 spiro atoms. The maximum atomic E-state index is 3.64. The smallest absolute Gasteiger partial charge is 0.243 e. The molecule has 0 saturated heterocycles. The summed E-state index contributed by atoms with van der Waals surface area (Å²) in [6.45, 7) is 4.52. The molecule has 3 heteroatoms. The van der Waals surface area contributed by atoms with Gasteiger partial charge in [-0.2, -0.15) is 0 Å². The minimum absolute atomic E-state index is 0. The number of aryl methyl sites for hydroxylation is 1. The van der Waals surface area contributed by atoms with Crippen LogP contribution >= 0.6 is 0 Å². The van der Waals surface area contributed by atoms with Crippen molar-refractivity contribution in [2.24, 2.45) is 7.05 Å². The van der Waals surface area contributed by atoms with Crippen molar-refractivity contribution in [3.05, 3.63) is 31.4 Å². The quantitative estimate of drug-likeness (QED) is 0.371. The fourth-order valence-corrected chi connectivity index (χ4v) is 0.759. The van der Waals surface area contributed by atoms with Gasteiger partial charge in [0.15, 0.2) is 0 Å². The van der Waals surface area contributed by atoms with E-state index in [2.05, 4.69) is 11.1 Å². The molecule has 0 radical (unpaired) electrons. The van der Waals surface area contributed by atoms with E-state index in [-0.39, 0.29) is 17.0 Å². The van der Waals surface area contributed by atoms with Crippen LogP contribution in [0, 0.1) is 0 Å². The van der Waals surface area contributed by atoms with Gasteiger partial charge in [0, 0.05) is 0 Å². The third kappa shape index (κ3) is 2.35. The van der Waals surface area contributed by atoms with Gasteiger partial charge in [0.05, 0.1) is 7.05 Å². The van der Waals surface area contributed by atoms with Crippen molar-refractivity contribution < 1.29 is 21.5 Å². The molecule has 1 heterocycles. The molecule has 0 amide bonds. The first-order valence-electron chi connectivity index (χ1n) is 2.95. The monoisotopic (exact) mass is 202 g/mol. The maximum absolute atomic E-state index is 3.64. The maximum Gasteiger partial charge on any atom is 0.243 e. The zero-order chi connectivity index (χ0) is 6.69. The summed E-state index contributed by atoms with van der Waals surface area (Å²) >= 11 is 0. The summed E-state index contributed by atoms with van der Waals surface area (Å²) in [5.41, 5.74) is 0. The van der Waals surface area contributed by atoms with Crippen molar-refractivity contribution in [1.29, 1.82) is 0 Å². The van der Waals surface area contributed by atoms with E-state index >= 15 is 0 Å². The van der Waals surface area contributed by atoms with Gasteiger partial charge in [-0.05, 0) is 0 Å². The summed E-state index contributed by atoms with van der Waals surface area (Å²) in [5.74, 6) is 0. The zero-order valence-electron chi connectivity index (χ0n) is 6.00. The fraction of sp³-hybridized carbons (Fsp3) is 0.286. The summed E-state index contributed by atoms with van der Waals surface area (Å²) in [4.78, 5) is 0. The lowest BCUT2D eigenvalue weighted by atomic mass is 10.6. The van der Waals surface area contributed by atoms with Crippen molar-refractivity contribution in [3.8, 4) is 0 Å². The molecule has 0 fully saturated rings. The Kier molecular flexibility index (Phi) is 4.03. The largest absolute Gasteiger partial charge is 1.00 e. The molecule has 0 aliphatic rings. The Balaban J connectivity index is 0.000000810. The van der Waals surface area contributed by atoms with Crippen LogP contribution in [0.2, 0.25) is 0 Å². The Bertz CT molecular complexity index is 205. The van der Waals surface area contributed by atoms with E-state index in [9.17, 15) is 0 Å². The highest BCUT2D eigenvalue weighted by molar-refractivity contribution is 4.73. The summed E-state index contributed by atoms with van der Waals surface area (Å²) in [6.07, 6.45) is 7.91. The highest BCUT2D eigenvalue weighted by Crippen LogP contribution is 1.81. The van der Waals surface area contributed by atoms with E-state index in [1.54, 1.807) is 0 Å². The van der Waals surface area contributed by atoms with Crippen molar-refractivity contribution >= 4 is 0 Å². The van der Waals surface area contributed by atoms with Crippen LogP contribution in [0.1, 0.15) is 0 Å². The second-order valence-corrected chi connectivity index (χ2v) is 2.06. The summed E-state index contributed by atoms with van der Waals surface area (Å²) in [5, 5.41) is 0. The highest BCUT2D eigenvalue weighted by atomic mass is 79.9. The minimum atomic E-state index is 0. The van der Waals surface area contributed by atoms with E-state index < -0.39 is 0 Å². The van der Waals surface area contributed by atoms with Crippen LogP contribution in [0.5, 0.6) is 0 Å². The van der Waals surface area contributed by atoms with Gasteiger partial charge in [0.1, 0.15) is 18.9 Å². The molecular weight excluding hydrogens is 192 g/mol. The van der Waals surface area contributed by atoms with E-state index in [0.717, 1.165) is 6.54 Å². The predicted molar refractivity (Wildman–Crippen MR) is 35.8 cm³/mol. The molecule has 1 aromatic rings. The van der Waals surface area contributed by atoms with Gasteiger partial charge >= 0.3 is 0 Å². The van der Waals surface area contributed by atoms with Gasteiger partial charge in [-0.15, -0.1) is 0 Å². The van der Waals surface area contributed by atoms with Crippen molar-refractivity contribution in [2.45, 2.75) is 6.54 Å². The molecule has 2 nitrogen and oxygen atoms in total. The average molecular weight is 203 g/mol. The predicted octanol–water partition coefficient (Wildman–Crippen LogP) is -2.50. The summed E-state index contributed by atoms with van der Waals surface area (Å²) < 4.78 is 4.07. The van der Waals surface area contributed by atoms with Crippen LogP contribution in [-0.2, 0) is 13.6 Å². The van der Waals surface area contributed by atoms with Crippen molar-refractivity contribution in [2.75, 3.05) is 0 Å². The number of aromatic nitrogens is 2. The molecule has 1 rings (SSSR count). The Morgan fingerprint density at radius 3 is 2.80 bits per heavy atom. The van der Waals surface area contributed by atoms with Crippen LogP contribution in [-0.4, -0.2) is 4.57 Å². The van der Waals surface area contributed by atoms with Crippen LogP contribution in [0.25, 0.3) is 0 Å². The lowest BCUT2D eigenvalue weighted by molar-refractivity contribution is -0.671. The van der Waals surface area contributed by atoms with E-state index in [1.807, 2.05) is 36.4 Å². The molecule has 10 heavy (non-hydrogen) atoms. The zero-order valence-corrected chi connectivity index (χ0v) is 7.58.